The summed E-state index contributed by atoms with van der Waals surface area (Å²) in [5, 5.41) is 7.60. The molecule has 0 unspecified atom stereocenters. The molecule has 6 heteroatoms. The van der Waals surface area contributed by atoms with Crippen LogP contribution < -0.4 is 15.8 Å². The maximum atomic E-state index is 5.93. The summed E-state index contributed by atoms with van der Waals surface area (Å²) >= 11 is 0. The number of hydrogen-bond donors (Lipinski definition) is 2. The fourth-order valence-electron chi connectivity index (χ4n) is 2.30. The quantitative estimate of drug-likeness (QED) is 0.785. The van der Waals surface area contributed by atoms with Crippen molar-refractivity contribution >= 4 is 11.5 Å². The molecule has 0 aliphatic carbocycles. The summed E-state index contributed by atoms with van der Waals surface area (Å²) in [6.45, 7) is 0.819. The second-order valence-corrected chi connectivity index (χ2v) is 4.29. The molecule has 0 radical (unpaired) electrons. The van der Waals surface area contributed by atoms with Crippen LogP contribution in [-0.2, 0) is 13.5 Å². The average molecular weight is 245 g/mol. The third-order valence-electron chi connectivity index (χ3n) is 3.21. The molecule has 0 bridgehead atoms. The van der Waals surface area contributed by atoms with Gasteiger partial charge in [0.15, 0.2) is 0 Å². The van der Waals surface area contributed by atoms with Gasteiger partial charge in [-0.3, -0.25) is 4.68 Å². The minimum Gasteiger partial charge on any atom is -0.479 e. The zero-order valence-corrected chi connectivity index (χ0v) is 10.4. The molecule has 1 aliphatic heterocycles. The summed E-state index contributed by atoms with van der Waals surface area (Å²) in [4.78, 5) is 4.40. The van der Waals surface area contributed by atoms with E-state index < -0.39 is 0 Å². The molecule has 0 saturated heterocycles. The summed E-state index contributed by atoms with van der Waals surface area (Å²) in [6.07, 6.45) is 2.76. The molecule has 0 saturated carbocycles. The second-order valence-electron chi connectivity index (χ2n) is 4.29. The third kappa shape index (κ3) is 1.49. The Morgan fingerprint density at radius 1 is 1.44 bits per heavy atom. The highest BCUT2D eigenvalue weighted by atomic mass is 16.5. The van der Waals surface area contributed by atoms with Crippen LogP contribution in [-0.4, -0.2) is 28.4 Å². The summed E-state index contributed by atoms with van der Waals surface area (Å²) in [5.74, 6) is 1.25. The Morgan fingerprint density at radius 2 is 2.28 bits per heavy atom. The zero-order valence-electron chi connectivity index (χ0n) is 10.4. The van der Waals surface area contributed by atoms with Gasteiger partial charge >= 0.3 is 0 Å². The molecule has 0 atom stereocenters. The number of ether oxygens (including phenoxy) is 1. The molecule has 18 heavy (non-hydrogen) atoms. The normalized spacial score (nSPS) is 13.2. The van der Waals surface area contributed by atoms with Crippen molar-refractivity contribution in [1.82, 2.24) is 14.8 Å². The molecule has 3 rings (SSSR count). The molecule has 3 heterocycles. The topological polar surface area (TPSA) is 78.0 Å². The van der Waals surface area contributed by atoms with Crippen LogP contribution >= 0.6 is 0 Å². The first kappa shape index (κ1) is 10.9. The van der Waals surface area contributed by atoms with Gasteiger partial charge in [-0.2, -0.15) is 10.1 Å². The van der Waals surface area contributed by atoms with Crippen LogP contribution in [0.5, 0.6) is 5.88 Å². The lowest BCUT2D eigenvalue weighted by Gasteiger charge is -2.10. The van der Waals surface area contributed by atoms with Gasteiger partial charge in [0.2, 0.25) is 5.88 Å². The molecule has 0 aromatic carbocycles. The van der Waals surface area contributed by atoms with Gasteiger partial charge in [0.25, 0.3) is 0 Å². The second kappa shape index (κ2) is 3.90. The van der Waals surface area contributed by atoms with Gasteiger partial charge in [-0.25, -0.2) is 0 Å². The number of pyridine rings is 1. The monoisotopic (exact) mass is 245 g/mol. The molecule has 2 aromatic heterocycles. The Hall–Kier alpha value is -2.24. The average Bonchev–Trinajstić information content (AvgIpc) is 2.63. The first-order valence-electron chi connectivity index (χ1n) is 5.80. The van der Waals surface area contributed by atoms with Gasteiger partial charge in [0, 0.05) is 36.8 Å². The van der Waals surface area contributed by atoms with Gasteiger partial charge < -0.3 is 15.8 Å². The lowest BCUT2D eigenvalue weighted by atomic mass is 10.1. The Morgan fingerprint density at radius 3 is 3.06 bits per heavy atom. The molecular weight excluding hydrogens is 230 g/mol. The van der Waals surface area contributed by atoms with Crippen LogP contribution in [0.25, 0.3) is 11.1 Å². The molecule has 6 nitrogen and oxygen atoms in total. The first-order chi connectivity index (χ1) is 8.70. The molecule has 0 fully saturated rings. The Kier molecular flexibility index (Phi) is 2.36. The van der Waals surface area contributed by atoms with Crippen molar-refractivity contribution in [2.45, 2.75) is 6.42 Å². The maximum Gasteiger partial charge on any atom is 0.238 e. The molecule has 2 aromatic rings. The van der Waals surface area contributed by atoms with Gasteiger partial charge in [-0.05, 0) is 6.07 Å². The van der Waals surface area contributed by atoms with Crippen molar-refractivity contribution in [2.24, 2.45) is 7.05 Å². The van der Waals surface area contributed by atoms with Crippen LogP contribution in [0.1, 0.15) is 5.69 Å². The van der Waals surface area contributed by atoms with Crippen LogP contribution in [0.4, 0.5) is 11.5 Å². The van der Waals surface area contributed by atoms with E-state index >= 15 is 0 Å². The predicted octanol–water partition coefficient (Wildman–Crippen LogP) is 1.04. The number of aryl methyl sites for hydroxylation is 1. The SMILES string of the molecule is COc1nc2c(cc1N)-c1cnn(C)c1CCN2. The third-order valence-corrected chi connectivity index (χ3v) is 3.21. The number of nitrogens with two attached hydrogens (primary N) is 1. The van der Waals surface area contributed by atoms with Crippen molar-refractivity contribution in [2.75, 3.05) is 24.7 Å². The highest BCUT2D eigenvalue weighted by molar-refractivity contribution is 5.81. The van der Waals surface area contributed by atoms with E-state index in [1.54, 1.807) is 7.11 Å². The van der Waals surface area contributed by atoms with Gasteiger partial charge in [0.1, 0.15) is 5.82 Å². The molecule has 1 aliphatic rings. The largest absolute Gasteiger partial charge is 0.479 e. The van der Waals surface area contributed by atoms with Crippen molar-refractivity contribution in [3.8, 4) is 17.0 Å². The number of rotatable bonds is 1. The highest BCUT2D eigenvalue weighted by Crippen LogP contribution is 2.36. The Bertz CT molecular complexity index is 605. The number of nitrogen functional groups attached to an aromatic ring is 1. The Balaban J connectivity index is 2.24. The summed E-state index contributed by atoms with van der Waals surface area (Å²) in [7, 11) is 3.52. The first-order valence-corrected chi connectivity index (χ1v) is 5.80. The van der Waals surface area contributed by atoms with Crippen LogP contribution in [0, 0.1) is 0 Å². The standard InChI is InChI=1S/C12H15N5O/c1-17-10-3-4-14-11-7(8(10)6-15-17)5-9(13)12(16-11)18-2/h5-6H,3-4,13H2,1-2H3,(H,14,16). The lowest BCUT2D eigenvalue weighted by molar-refractivity contribution is 0.401. The lowest BCUT2D eigenvalue weighted by Crippen LogP contribution is -2.07. The van der Waals surface area contributed by atoms with E-state index in [9.17, 15) is 0 Å². The molecule has 94 valence electrons. The van der Waals surface area contributed by atoms with Gasteiger partial charge in [0.05, 0.1) is 19.0 Å². The molecule has 3 N–H and O–H groups in total. The molecule has 0 amide bonds. The van der Waals surface area contributed by atoms with Crippen molar-refractivity contribution in [3.05, 3.63) is 18.0 Å². The van der Waals surface area contributed by atoms with Gasteiger partial charge in [-0.1, -0.05) is 0 Å². The van der Waals surface area contributed by atoms with E-state index in [1.165, 1.54) is 5.69 Å². The van der Waals surface area contributed by atoms with Crippen molar-refractivity contribution in [3.63, 3.8) is 0 Å². The minimum atomic E-state index is 0.452. The highest BCUT2D eigenvalue weighted by Gasteiger charge is 2.20. The van der Waals surface area contributed by atoms with E-state index in [0.717, 1.165) is 29.9 Å². The number of aromatic nitrogens is 3. The van der Waals surface area contributed by atoms with Crippen molar-refractivity contribution in [1.29, 1.82) is 0 Å². The molecule has 0 spiro atoms. The zero-order chi connectivity index (χ0) is 12.7. The van der Waals surface area contributed by atoms with E-state index in [4.69, 9.17) is 10.5 Å². The van der Waals surface area contributed by atoms with Gasteiger partial charge in [-0.15, -0.1) is 0 Å². The van der Waals surface area contributed by atoms with E-state index in [0.29, 0.717) is 11.6 Å². The number of nitrogens with zero attached hydrogens (tertiary/aromatic N) is 3. The summed E-state index contributed by atoms with van der Waals surface area (Å²) in [6, 6.07) is 1.89. The predicted molar refractivity (Wildman–Crippen MR) is 69.6 cm³/mol. The fraction of sp³-hybridized carbons (Fsp3) is 0.333. The maximum absolute atomic E-state index is 5.93. The number of hydrogen-bond acceptors (Lipinski definition) is 5. The number of fused-ring (bicyclic) bond motifs is 3. The van der Waals surface area contributed by atoms with E-state index in [1.807, 2.05) is 24.0 Å². The smallest absolute Gasteiger partial charge is 0.238 e. The van der Waals surface area contributed by atoms with Crippen LogP contribution in [0.2, 0.25) is 0 Å². The van der Waals surface area contributed by atoms with Crippen molar-refractivity contribution < 1.29 is 4.74 Å². The molecular formula is C12H15N5O. The van der Waals surface area contributed by atoms with Crippen LogP contribution in [0.15, 0.2) is 12.3 Å². The summed E-state index contributed by atoms with van der Waals surface area (Å²) < 4.78 is 7.04. The summed E-state index contributed by atoms with van der Waals surface area (Å²) in [5.41, 5.74) is 9.72. The minimum absolute atomic E-state index is 0.452. The van der Waals surface area contributed by atoms with E-state index in [2.05, 4.69) is 15.4 Å². The van der Waals surface area contributed by atoms with E-state index in [-0.39, 0.29) is 0 Å². The number of nitrogens with one attached hydrogen (secondary N) is 1. The van der Waals surface area contributed by atoms with Crippen LogP contribution in [0.3, 0.4) is 0 Å². The fourth-order valence-corrected chi connectivity index (χ4v) is 2.30. The Labute approximate surface area is 105 Å². The number of anilines is 2. The number of methoxy groups -OCH3 is 1.